The molecular formula is C22H44O3. The zero-order valence-corrected chi connectivity index (χ0v) is 16.9. The van der Waals surface area contributed by atoms with E-state index in [4.69, 9.17) is 5.11 Å². The van der Waals surface area contributed by atoms with E-state index in [1.165, 1.54) is 109 Å². The number of carboxylic acid groups (broad SMARTS) is 1. The SMILES string of the molecule is CCCCCCCCCCCCCCCCCCCCCOC(=O)O. The van der Waals surface area contributed by atoms with Gasteiger partial charge in [0.05, 0.1) is 6.61 Å². The molecule has 0 aromatic carbocycles. The molecule has 0 saturated carbocycles. The van der Waals surface area contributed by atoms with Crippen LogP contribution in [0.25, 0.3) is 0 Å². The van der Waals surface area contributed by atoms with Crippen LogP contribution in [-0.4, -0.2) is 17.9 Å². The summed E-state index contributed by atoms with van der Waals surface area (Å²) in [4.78, 5) is 10.2. The van der Waals surface area contributed by atoms with Crippen LogP contribution >= 0.6 is 0 Å². The maximum Gasteiger partial charge on any atom is 0.505 e. The van der Waals surface area contributed by atoms with Crippen LogP contribution in [0.4, 0.5) is 4.79 Å². The van der Waals surface area contributed by atoms with Crippen LogP contribution in [0.3, 0.4) is 0 Å². The lowest BCUT2D eigenvalue weighted by atomic mass is 10.0. The Kier molecular flexibility index (Phi) is 20.7. The third-order valence-electron chi connectivity index (χ3n) is 4.97. The van der Waals surface area contributed by atoms with Crippen LogP contribution in [0.1, 0.15) is 129 Å². The van der Waals surface area contributed by atoms with E-state index in [-0.39, 0.29) is 0 Å². The van der Waals surface area contributed by atoms with Gasteiger partial charge in [-0.25, -0.2) is 4.79 Å². The van der Waals surface area contributed by atoms with E-state index in [1.54, 1.807) is 0 Å². The second-order valence-corrected chi connectivity index (χ2v) is 7.48. The Bertz CT molecular complexity index is 266. The minimum atomic E-state index is -1.15. The van der Waals surface area contributed by atoms with Crippen molar-refractivity contribution in [1.82, 2.24) is 0 Å². The van der Waals surface area contributed by atoms with Gasteiger partial charge >= 0.3 is 6.16 Å². The molecule has 0 heterocycles. The van der Waals surface area contributed by atoms with Gasteiger partial charge in [-0.2, -0.15) is 0 Å². The molecule has 0 aliphatic heterocycles. The first-order valence-electron chi connectivity index (χ1n) is 11.1. The minimum absolute atomic E-state index is 0.355. The van der Waals surface area contributed by atoms with Crippen LogP contribution < -0.4 is 0 Å². The number of hydrogen-bond donors (Lipinski definition) is 1. The van der Waals surface area contributed by atoms with E-state index in [0.717, 1.165) is 12.8 Å². The lowest BCUT2D eigenvalue weighted by molar-refractivity contribution is 0.0899. The summed E-state index contributed by atoms with van der Waals surface area (Å²) in [6.45, 7) is 2.64. The Balaban J connectivity index is 2.97. The Morgan fingerprint density at radius 3 is 1.12 bits per heavy atom. The highest BCUT2D eigenvalue weighted by molar-refractivity contribution is 5.56. The van der Waals surface area contributed by atoms with E-state index in [9.17, 15) is 4.79 Å². The van der Waals surface area contributed by atoms with Crippen molar-refractivity contribution >= 4 is 6.16 Å². The Labute approximate surface area is 156 Å². The molecule has 25 heavy (non-hydrogen) atoms. The number of carbonyl (C=O) groups is 1. The zero-order valence-electron chi connectivity index (χ0n) is 16.9. The molecule has 0 aliphatic rings. The molecule has 0 amide bonds. The summed E-state index contributed by atoms with van der Waals surface area (Å²) in [5, 5.41) is 8.34. The first-order chi connectivity index (χ1) is 12.3. The standard InChI is InChI=1S/C22H44O3/c1-2-3-4-5-6-7-8-9-10-11-12-13-14-15-16-17-18-19-20-21-25-22(23)24/h2-21H2,1H3,(H,23,24). The molecule has 0 aromatic heterocycles. The molecule has 0 aromatic rings. The maximum atomic E-state index is 10.2. The Hall–Kier alpha value is -0.730. The van der Waals surface area contributed by atoms with Gasteiger partial charge in [0.2, 0.25) is 0 Å². The van der Waals surface area contributed by atoms with Crippen molar-refractivity contribution < 1.29 is 14.6 Å². The van der Waals surface area contributed by atoms with E-state index < -0.39 is 6.16 Å². The summed E-state index contributed by atoms with van der Waals surface area (Å²) < 4.78 is 4.49. The second kappa shape index (κ2) is 21.3. The molecule has 0 bridgehead atoms. The normalized spacial score (nSPS) is 10.9. The third kappa shape index (κ3) is 23.3. The molecule has 0 aliphatic carbocycles. The van der Waals surface area contributed by atoms with Gasteiger partial charge in [0.25, 0.3) is 0 Å². The van der Waals surface area contributed by atoms with Gasteiger partial charge in [-0.3, -0.25) is 0 Å². The average Bonchev–Trinajstić information content (AvgIpc) is 2.60. The topological polar surface area (TPSA) is 46.5 Å². The number of hydrogen-bond acceptors (Lipinski definition) is 2. The summed E-state index contributed by atoms with van der Waals surface area (Å²) in [6, 6.07) is 0. The first-order valence-corrected chi connectivity index (χ1v) is 11.1. The van der Waals surface area contributed by atoms with Gasteiger partial charge in [0, 0.05) is 0 Å². The van der Waals surface area contributed by atoms with Crippen molar-refractivity contribution in [3.63, 3.8) is 0 Å². The van der Waals surface area contributed by atoms with E-state index >= 15 is 0 Å². The van der Waals surface area contributed by atoms with Gasteiger partial charge in [0.1, 0.15) is 0 Å². The Morgan fingerprint density at radius 1 is 0.560 bits per heavy atom. The number of ether oxygens (including phenoxy) is 1. The van der Waals surface area contributed by atoms with Gasteiger partial charge in [-0.1, -0.05) is 122 Å². The lowest BCUT2D eigenvalue weighted by Gasteiger charge is -2.04. The molecular weight excluding hydrogens is 312 g/mol. The van der Waals surface area contributed by atoms with E-state index in [1.807, 2.05) is 0 Å². The van der Waals surface area contributed by atoms with Gasteiger partial charge < -0.3 is 9.84 Å². The number of rotatable bonds is 20. The van der Waals surface area contributed by atoms with Crippen molar-refractivity contribution in [2.75, 3.05) is 6.61 Å². The predicted molar refractivity (Wildman–Crippen MR) is 107 cm³/mol. The molecule has 0 spiro atoms. The monoisotopic (exact) mass is 356 g/mol. The number of unbranched alkanes of at least 4 members (excludes halogenated alkanes) is 18. The Morgan fingerprint density at radius 2 is 0.840 bits per heavy atom. The molecule has 3 nitrogen and oxygen atoms in total. The first kappa shape index (κ1) is 24.3. The molecule has 0 fully saturated rings. The summed E-state index contributed by atoms with van der Waals surface area (Å²) in [5.41, 5.74) is 0. The quantitative estimate of drug-likeness (QED) is 0.177. The van der Waals surface area contributed by atoms with Gasteiger partial charge in [-0.15, -0.1) is 0 Å². The fourth-order valence-electron chi connectivity index (χ4n) is 3.34. The lowest BCUT2D eigenvalue weighted by Crippen LogP contribution is -2.01. The van der Waals surface area contributed by atoms with Crippen LogP contribution in [0.5, 0.6) is 0 Å². The average molecular weight is 357 g/mol. The van der Waals surface area contributed by atoms with Gasteiger partial charge in [-0.05, 0) is 6.42 Å². The second-order valence-electron chi connectivity index (χ2n) is 7.48. The molecule has 0 saturated heterocycles. The highest BCUT2D eigenvalue weighted by Gasteiger charge is 1.97. The smallest absolute Gasteiger partial charge is 0.450 e. The largest absolute Gasteiger partial charge is 0.505 e. The van der Waals surface area contributed by atoms with Crippen molar-refractivity contribution in [2.45, 2.75) is 129 Å². The molecule has 1 N–H and O–H groups in total. The van der Waals surface area contributed by atoms with Crippen LogP contribution in [0.2, 0.25) is 0 Å². The minimum Gasteiger partial charge on any atom is -0.450 e. The highest BCUT2D eigenvalue weighted by atomic mass is 16.7. The van der Waals surface area contributed by atoms with Crippen LogP contribution in [0.15, 0.2) is 0 Å². The summed E-state index contributed by atoms with van der Waals surface area (Å²) in [5.74, 6) is 0. The van der Waals surface area contributed by atoms with Crippen molar-refractivity contribution in [3.05, 3.63) is 0 Å². The predicted octanol–water partition coefficient (Wildman–Crippen LogP) is 8.11. The molecule has 0 radical (unpaired) electrons. The maximum absolute atomic E-state index is 10.2. The molecule has 0 atom stereocenters. The zero-order chi connectivity index (χ0) is 18.4. The fraction of sp³-hybridized carbons (Fsp3) is 0.955. The molecule has 0 rings (SSSR count). The summed E-state index contributed by atoms with van der Waals surface area (Å²) >= 11 is 0. The highest BCUT2D eigenvalue weighted by Crippen LogP contribution is 2.14. The van der Waals surface area contributed by atoms with Gasteiger partial charge in [0.15, 0.2) is 0 Å². The van der Waals surface area contributed by atoms with Crippen LogP contribution in [-0.2, 0) is 4.74 Å². The van der Waals surface area contributed by atoms with Crippen molar-refractivity contribution in [3.8, 4) is 0 Å². The fourth-order valence-corrected chi connectivity index (χ4v) is 3.34. The summed E-state index contributed by atoms with van der Waals surface area (Å²) in [6.07, 6.45) is 24.5. The molecule has 150 valence electrons. The summed E-state index contributed by atoms with van der Waals surface area (Å²) in [7, 11) is 0. The third-order valence-corrected chi connectivity index (χ3v) is 4.97. The van der Waals surface area contributed by atoms with E-state index in [0.29, 0.717) is 6.61 Å². The molecule has 3 heteroatoms. The van der Waals surface area contributed by atoms with E-state index in [2.05, 4.69) is 11.7 Å². The van der Waals surface area contributed by atoms with Crippen molar-refractivity contribution in [2.24, 2.45) is 0 Å². The van der Waals surface area contributed by atoms with Crippen molar-refractivity contribution in [1.29, 1.82) is 0 Å². The molecule has 0 unspecified atom stereocenters. The van der Waals surface area contributed by atoms with Crippen LogP contribution in [0, 0.1) is 0 Å².